The smallest absolute Gasteiger partial charge is 0.245 e. The van der Waals surface area contributed by atoms with Gasteiger partial charge in [-0.15, -0.1) is 0 Å². The predicted octanol–water partition coefficient (Wildman–Crippen LogP) is 2.34. The maximum absolute atomic E-state index is 13.2. The average Bonchev–Trinajstić information content (AvgIpc) is 3.22. The molecule has 6 nitrogen and oxygen atoms in total. The van der Waals surface area contributed by atoms with E-state index >= 15 is 0 Å². The summed E-state index contributed by atoms with van der Waals surface area (Å²) in [6.45, 7) is 1.74. The lowest BCUT2D eigenvalue weighted by Gasteiger charge is -2.31. The number of carbonyl (C=O) groups is 3. The number of rotatable bonds is 6. The Kier molecular flexibility index (Phi) is 6.92. The number of nitrogens with one attached hydrogen (secondary N) is 1. The maximum Gasteiger partial charge on any atom is 0.245 e. The van der Waals surface area contributed by atoms with Gasteiger partial charge in [-0.1, -0.05) is 48.5 Å². The molecule has 0 aliphatic carbocycles. The average molecular weight is 438 g/mol. The molecule has 2 saturated heterocycles. The van der Waals surface area contributed by atoms with Gasteiger partial charge in [0.2, 0.25) is 17.7 Å². The first-order chi connectivity index (χ1) is 15.1. The Bertz CT molecular complexity index is 916. The molecular weight excluding hydrogens is 410 g/mol. The first-order valence-corrected chi connectivity index (χ1v) is 11.8. The Labute approximate surface area is 187 Å². The van der Waals surface area contributed by atoms with Crippen molar-refractivity contribution in [1.29, 1.82) is 0 Å². The Morgan fingerprint density at radius 2 is 1.65 bits per heavy atom. The normalized spacial score (nSPS) is 19.9. The van der Waals surface area contributed by atoms with Crippen LogP contribution in [0.4, 0.5) is 5.69 Å². The third-order valence-electron chi connectivity index (χ3n) is 5.78. The minimum Gasteiger partial charge on any atom is -0.344 e. The molecule has 0 saturated carbocycles. The van der Waals surface area contributed by atoms with Crippen LogP contribution in [0.25, 0.3) is 0 Å². The molecule has 0 bridgehead atoms. The Balaban J connectivity index is 1.46. The van der Waals surface area contributed by atoms with Crippen LogP contribution in [0.2, 0.25) is 0 Å². The fourth-order valence-corrected chi connectivity index (χ4v) is 4.99. The highest BCUT2D eigenvalue weighted by Gasteiger charge is 2.37. The van der Waals surface area contributed by atoms with Crippen molar-refractivity contribution in [2.24, 2.45) is 5.92 Å². The molecule has 2 heterocycles. The third-order valence-corrected chi connectivity index (χ3v) is 6.73. The van der Waals surface area contributed by atoms with Gasteiger partial charge in [-0.2, -0.15) is 11.8 Å². The van der Waals surface area contributed by atoms with Gasteiger partial charge in [0.1, 0.15) is 6.04 Å². The first-order valence-electron chi connectivity index (χ1n) is 10.7. The second kappa shape index (κ2) is 10.0. The van der Waals surface area contributed by atoms with E-state index in [2.05, 4.69) is 5.32 Å². The predicted molar refractivity (Wildman–Crippen MR) is 123 cm³/mol. The molecule has 2 aromatic rings. The molecule has 0 radical (unpaired) electrons. The van der Waals surface area contributed by atoms with E-state index < -0.39 is 12.0 Å². The number of para-hydroxylation sites is 1. The minimum atomic E-state index is -0.626. The number of anilines is 1. The zero-order valence-corrected chi connectivity index (χ0v) is 18.2. The largest absolute Gasteiger partial charge is 0.344 e. The number of nitrogens with zero attached hydrogens (tertiary/aromatic N) is 2. The van der Waals surface area contributed by atoms with Crippen molar-refractivity contribution >= 4 is 35.2 Å². The molecule has 3 amide bonds. The summed E-state index contributed by atoms with van der Waals surface area (Å²) in [5.74, 6) is 1.04. The quantitative estimate of drug-likeness (QED) is 0.753. The molecule has 0 spiro atoms. The van der Waals surface area contributed by atoms with Gasteiger partial charge in [0, 0.05) is 49.7 Å². The third kappa shape index (κ3) is 5.28. The fraction of sp³-hybridized carbons (Fsp3) is 0.375. The lowest BCUT2D eigenvalue weighted by molar-refractivity contribution is -0.137. The highest BCUT2D eigenvalue weighted by atomic mass is 32.2. The van der Waals surface area contributed by atoms with Gasteiger partial charge in [0.05, 0.1) is 5.92 Å². The van der Waals surface area contributed by atoms with E-state index in [1.54, 1.807) is 4.90 Å². The molecule has 1 N–H and O–H groups in total. The Morgan fingerprint density at radius 1 is 1.00 bits per heavy atom. The van der Waals surface area contributed by atoms with E-state index in [0.29, 0.717) is 26.1 Å². The number of amides is 3. The molecule has 0 aromatic heterocycles. The van der Waals surface area contributed by atoms with Crippen LogP contribution in [-0.2, 0) is 20.8 Å². The van der Waals surface area contributed by atoms with E-state index in [9.17, 15) is 14.4 Å². The zero-order chi connectivity index (χ0) is 21.6. The van der Waals surface area contributed by atoms with Crippen LogP contribution in [0.3, 0.4) is 0 Å². The topological polar surface area (TPSA) is 69.7 Å². The van der Waals surface area contributed by atoms with E-state index in [4.69, 9.17) is 0 Å². The second-order valence-corrected chi connectivity index (χ2v) is 9.15. The molecule has 2 aliphatic heterocycles. The van der Waals surface area contributed by atoms with Crippen LogP contribution in [0.15, 0.2) is 60.7 Å². The summed E-state index contributed by atoms with van der Waals surface area (Å²) < 4.78 is 0. The van der Waals surface area contributed by atoms with Crippen molar-refractivity contribution in [3.63, 3.8) is 0 Å². The number of hydrogen-bond acceptors (Lipinski definition) is 4. The number of hydrogen-bond donors (Lipinski definition) is 1. The molecule has 7 heteroatoms. The van der Waals surface area contributed by atoms with Gasteiger partial charge in [-0.3, -0.25) is 14.4 Å². The summed E-state index contributed by atoms with van der Waals surface area (Å²) in [6.07, 6.45) is 0.603. The van der Waals surface area contributed by atoms with Crippen molar-refractivity contribution in [2.75, 3.05) is 36.0 Å². The molecule has 2 atom stereocenters. The molecule has 31 heavy (non-hydrogen) atoms. The maximum atomic E-state index is 13.2. The minimum absolute atomic E-state index is 0.0401. The Hall–Kier alpha value is -2.80. The van der Waals surface area contributed by atoms with E-state index in [0.717, 1.165) is 22.8 Å². The van der Waals surface area contributed by atoms with Gasteiger partial charge in [0.15, 0.2) is 0 Å². The van der Waals surface area contributed by atoms with Crippen LogP contribution in [0, 0.1) is 5.92 Å². The molecule has 4 rings (SSSR count). The van der Waals surface area contributed by atoms with Crippen molar-refractivity contribution in [3.8, 4) is 0 Å². The van der Waals surface area contributed by atoms with Crippen LogP contribution in [0.5, 0.6) is 0 Å². The summed E-state index contributed by atoms with van der Waals surface area (Å²) in [5, 5.41) is 2.98. The molecule has 1 unspecified atom stereocenters. The van der Waals surface area contributed by atoms with E-state index in [-0.39, 0.29) is 24.1 Å². The van der Waals surface area contributed by atoms with Gasteiger partial charge < -0.3 is 15.1 Å². The molecule has 2 aromatic carbocycles. The lowest BCUT2D eigenvalue weighted by Crippen LogP contribution is -2.53. The van der Waals surface area contributed by atoms with Crippen LogP contribution in [0.1, 0.15) is 12.0 Å². The number of benzene rings is 2. The van der Waals surface area contributed by atoms with Gasteiger partial charge in [0.25, 0.3) is 0 Å². The van der Waals surface area contributed by atoms with Gasteiger partial charge >= 0.3 is 0 Å². The fourth-order valence-electron chi connectivity index (χ4n) is 4.08. The van der Waals surface area contributed by atoms with Gasteiger partial charge in [-0.25, -0.2) is 0 Å². The van der Waals surface area contributed by atoms with Crippen molar-refractivity contribution < 1.29 is 14.4 Å². The highest BCUT2D eigenvalue weighted by Crippen LogP contribution is 2.25. The second-order valence-electron chi connectivity index (χ2n) is 7.93. The van der Waals surface area contributed by atoms with Crippen molar-refractivity contribution in [1.82, 2.24) is 10.2 Å². The summed E-state index contributed by atoms with van der Waals surface area (Å²) >= 11 is 1.84. The number of carbonyl (C=O) groups excluding carboxylic acids is 3. The van der Waals surface area contributed by atoms with Crippen LogP contribution in [-0.4, -0.2) is 59.8 Å². The van der Waals surface area contributed by atoms with Crippen molar-refractivity contribution in [2.45, 2.75) is 18.9 Å². The molecule has 2 aliphatic rings. The SMILES string of the molecule is O=C(N[C@@H](Cc1ccccc1)C(=O)N1CCSCC1)C1CC(=O)N(c2ccccc2)C1. The molecule has 162 valence electrons. The lowest BCUT2D eigenvalue weighted by atomic mass is 10.0. The molecule has 2 fully saturated rings. The first kappa shape index (κ1) is 21.4. The summed E-state index contributed by atoms with van der Waals surface area (Å²) in [6, 6.07) is 18.5. The van der Waals surface area contributed by atoms with E-state index in [1.807, 2.05) is 77.3 Å². The Morgan fingerprint density at radius 3 is 2.32 bits per heavy atom. The summed E-state index contributed by atoms with van der Waals surface area (Å²) in [7, 11) is 0. The van der Waals surface area contributed by atoms with Crippen LogP contribution >= 0.6 is 11.8 Å². The molecular formula is C24H27N3O3S. The number of thioether (sulfide) groups is 1. The summed E-state index contributed by atoms with van der Waals surface area (Å²) in [5.41, 5.74) is 1.80. The zero-order valence-electron chi connectivity index (χ0n) is 17.4. The standard InChI is InChI=1S/C24H27N3O3S/c28-22-16-19(17-27(22)20-9-5-2-6-10-20)23(29)25-21(15-18-7-3-1-4-8-18)24(30)26-11-13-31-14-12-26/h1-10,19,21H,11-17H2,(H,25,29)/t19?,21-/m0/s1. The van der Waals surface area contributed by atoms with E-state index in [1.165, 1.54) is 0 Å². The van der Waals surface area contributed by atoms with Gasteiger partial charge in [-0.05, 0) is 17.7 Å². The van der Waals surface area contributed by atoms with Crippen molar-refractivity contribution in [3.05, 3.63) is 66.2 Å². The monoisotopic (exact) mass is 437 g/mol. The van der Waals surface area contributed by atoms with Crippen LogP contribution < -0.4 is 10.2 Å². The highest BCUT2D eigenvalue weighted by molar-refractivity contribution is 7.99. The summed E-state index contributed by atoms with van der Waals surface area (Å²) in [4.78, 5) is 42.3.